The van der Waals surface area contributed by atoms with Gasteiger partial charge in [0.1, 0.15) is 0 Å². The summed E-state index contributed by atoms with van der Waals surface area (Å²) in [6, 6.07) is 14.1. The third-order valence-corrected chi connectivity index (χ3v) is 5.41. The van der Waals surface area contributed by atoms with Crippen LogP contribution in [-0.4, -0.2) is 62.7 Å². The van der Waals surface area contributed by atoms with E-state index < -0.39 is 0 Å². The molecule has 6 heteroatoms. The smallest absolute Gasteiger partial charge is 0.244 e. The Balaban J connectivity index is 1.47. The van der Waals surface area contributed by atoms with Gasteiger partial charge in [-0.3, -0.25) is 9.69 Å². The van der Waals surface area contributed by atoms with Crippen LogP contribution in [-0.2, 0) is 17.9 Å². The Hall–Kier alpha value is -2.83. The van der Waals surface area contributed by atoms with Crippen LogP contribution in [0.4, 0.5) is 0 Å². The number of ether oxygens (including phenoxy) is 2. The van der Waals surface area contributed by atoms with Crippen LogP contribution in [0.25, 0.3) is 6.08 Å². The third-order valence-electron chi connectivity index (χ3n) is 5.41. The molecule has 0 aliphatic carbocycles. The van der Waals surface area contributed by atoms with Gasteiger partial charge in [-0.15, -0.1) is 0 Å². The highest BCUT2D eigenvalue weighted by atomic mass is 16.5. The van der Waals surface area contributed by atoms with E-state index in [0.29, 0.717) is 24.7 Å². The van der Waals surface area contributed by atoms with E-state index in [4.69, 9.17) is 9.47 Å². The first-order valence-electron chi connectivity index (χ1n) is 10.8. The number of nitrogens with zero attached hydrogens (tertiary/aromatic N) is 2. The Labute approximate surface area is 185 Å². The Morgan fingerprint density at radius 1 is 1.03 bits per heavy atom. The molecule has 2 aromatic carbocycles. The van der Waals surface area contributed by atoms with Crippen LogP contribution in [0.3, 0.4) is 0 Å². The number of carbonyl (C=O) groups excluding carboxylic acids is 1. The lowest BCUT2D eigenvalue weighted by molar-refractivity contribution is -0.116. The second kappa shape index (κ2) is 11.5. The average Bonchev–Trinajstić information content (AvgIpc) is 2.79. The van der Waals surface area contributed by atoms with Crippen LogP contribution in [0.15, 0.2) is 48.5 Å². The zero-order valence-electron chi connectivity index (χ0n) is 18.8. The van der Waals surface area contributed by atoms with Crippen LogP contribution in [0.5, 0.6) is 11.5 Å². The Kier molecular flexibility index (Phi) is 8.50. The zero-order chi connectivity index (χ0) is 22.1. The van der Waals surface area contributed by atoms with E-state index in [1.54, 1.807) is 13.2 Å². The van der Waals surface area contributed by atoms with Crippen molar-refractivity contribution in [1.82, 2.24) is 15.1 Å². The zero-order valence-corrected chi connectivity index (χ0v) is 18.8. The van der Waals surface area contributed by atoms with E-state index in [1.165, 1.54) is 11.6 Å². The molecule has 2 aromatic rings. The predicted octanol–water partition coefficient (Wildman–Crippen LogP) is 3.17. The molecule has 0 saturated carbocycles. The molecule has 0 atom stereocenters. The summed E-state index contributed by atoms with van der Waals surface area (Å²) in [5, 5.41) is 2.94. The van der Waals surface area contributed by atoms with Crippen LogP contribution in [0, 0.1) is 0 Å². The second-order valence-electron chi connectivity index (χ2n) is 7.79. The van der Waals surface area contributed by atoms with Gasteiger partial charge >= 0.3 is 0 Å². The van der Waals surface area contributed by atoms with E-state index in [2.05, 4.69) is 46.4 Å². The molecule has 0 unspecified atom stereocenters. The van der Waals surface area contributed by atoms with Gasteiger partial charge in [0.05, 0.1) is 13.7 Å². The van der Waals surface area contributed by atoms with Gasteiger partial charge < -0.3 is 19.7 Å². The van der Waals surface area contributed by atoms with E-state index in [9.17, 15) is 4.79 Å². The monoisotopic (exact) mass is 423 g/mol. The molecule has 1 fully saturated rings. The largest absolute Gasteiger partial charge is 0.493 e. The van der Waals surface area contributed by atoms with Crippen molar-refractivity contribution in [2.24, 2.45) is 0 Å². The fourth-order valence-corrected chi connectivity index (χ4v) is 3.51. The molecular weight excluding hydrogens is 390 g/mol. The SMILES string of the molecule is CCOc1ccc(/C=C/C(=O)NCc2ccc(CN3CCN(C)CC3)cc2)cc1OC. The second-order valence-corrected chi connectivity index (χ2v) is 7.79. The van der Waals surface area contributed by atoms with Crippen molar-refractivity contribution in [1.29, 1.82) is 0 Å². The Morgan fingerprint density at radius 3 is 2.42 bits per heavy atom. The number of benzene rings is 2. The van der Waals surface area contributed by atoms with Crippen molar-refractivity contribution >= 4 is 12.0 Å². The first kappa shape index (κ1) is 22.8. The quantitative estimate of drug-likeness (QED) is 0.628. The van der Waals surface area contributed by atoms with E-state index >= 15 is 0 Å². The van der Waals surface area contributed by atoms with Crippen molar-refractivity contribution in [2.75, 3.05) is 46.9 Å². The van der Waals surface area contributed by atoms with Gasteiger partial charge in [-0.1, -0.05) is 30.3 Å². The topological polar surface area (TPSA) is 54.0 Å². The Bertz CT molecular complexity index is 872. The molecule has 31 heavy (non-hydrogen) atoms. The fraction of sp³-hybridized carbons (Fsp3) is 0.400. The summed E-state index contributed by atoms with van der Waals surface area (Å²) in [7, 11) is 3.78. The number of methoxy groups -OCH3 is 1. The summed E-state index contributed by atoms with van der Waals surface area (Å²) in [6.45, 7) is 8.46. The lowest BCUT2D eigenvalue weighted by Gasteiger charge is -2.32. The summed E-state index contributed by atoms with van der Waals surface area (Å²) in [4.78, 5) is 17.1. The van der Waals surface area contributed by atoms with Gasteiger partial charge in [-0.25, -0.2) is 0 Å². The lowest BCUT2D eigenvalue weighted by atomic mass is 10.1. The maximum atomic E-state index is 12.2. The van der Waals surface area contributed by atoms with Crippen LogP contribution in [0.2, 0.25) is 0 Å². The standard InChI is InChI=1S/C25H33N3O3/c1-4-31-23-11-9-20(17-24(23)30-3)10-12-25(29)26-18-21-5-7-22(8-6-21)19-28-15-13-27(2)14-16-28/h5-12,17H,4,13-16,18-19H2,1-3H3,(H,26,29)/b12-10+. The maximum Gasteiger partial charge on any atom is 0.244 e. The van der Waals surface area contributed by atoms with Gasteiger partial charge in [-0.2, -0.15) is 0 Å². The summed E-state index contributed by atoms with van der Waals surface area (Å²) in [5.41, 5.74) is 3.28. The number of carbonyl (C=O) groups is 1. The molecular formula is C25H33N3O3. The van der Waals surface area contributed by atoms with E-state index in [1.807, 2.05) is 25.1 Å². The molecule has 0 radical (unpaired) electrons. The number of piperazine rings is 1. The van der Waals surface area contributed by atoms with Gasteiger partial charge in [0.15, 0.2) is 11.5 Å². The minimum absolute atomic E-state index is 0.130. The van der Waals surface area contributed by atoms with Crippen LogP contribution >= 0.6 is 0 Å². The molecule has 1 N–H and O–H groups in total. The van der Waals surface area contributed by atoms with Crippen molar-refractivity contribution in [3.8, 4) is 11.5 Å². The van der Waals surface area contributed by atoms with Gasteiger partial charge in [0.25, 0.3) is 0 Å². The molecule has 3 rings (SSSR count). The normalized spacial score (nSPS) is 15.2. The number of hydrogen-bond donors (Lipinski definition) is 1. The highest BCUT2D eigenvalue weighted by Crippen LogP contribution is 2.28. The molecule has 1 aliphatic rings. The number of nitrogens with one attached hydrogen (secondary N) is 1. The maximum absolute atomic E-state index is 12.2. The van der Waals surface area contributed by atoms with Crippen molar-refractivity contribution in [3.63, 3.8) is 0 Å². The number of likely N-dealkylation sites (N-methyl/N-ethyl adjacent to an activating group) is 1. The van der Waals surface area contributed by atoms with Gasteiger partial charge in [0, 0.05) is 45.3 Å². The molecule has 0 aromatic heterocycles. The van der Waals surface area contributed by atoms with Crippen LogP contribution < -0.4 is 14.8 Å². The highest BCUT2D eigenvalue weighted by Gasteiger charge is 2.13. The van der Waals surface area contributed by atoms with E-state index in [-0.39, 0.29) is 5.91 Å². The summed E-state index contributed by atoms with van der Waals surface area (Å²) in [5.74, 6) is 1.22. The average molecular weight is 424 g/mol. The van der Waals surface area contributed by atoms with Gasteiger partial charge in [-0.05, 0) is 48.9 Å². The van der Waals surface area contributed by atoms with Crippen molar-refractivity contribution in [3.05, 3.63) is 65.2 Å². The number of amides is 1. The third kappa shape index (κ3) is 7.12. The summed E-state index contributed by atoms with van der Waals surface area (Å²) >= 11 is 0. The molecule has 0 spiro atoms. The molecule has 0 bridgehead atoms. The first-order chi connectivity index (χ1) is 15.1. The van der Waals surface area contributed by atoms with Crippen LogP contribution in [0.1, 0.15) is 23.6 Å². The number of rotatable bonds is 9. The van der Waals surface area contributed by atoms with Crippen molar-refractivity contribution in [2.45, 2.75) is 20.0 Å². The summed E-state index contributed by atoms with van der Waals surface area (Å²) in [6.07, 6.45) is 3.31. The van der Waals surface area contributed by atoms with Crippen molar-refractivity contribution < 1.29 is 14.3 Å². The molecule has 6 nitrogen and oxygen atoms in total. The predicted molar refractivity (Wildman–Crippen MR) is 124 cm³/mol. The summed E-state index contributed by atoms with van der Waals surface area (Å²) < 4.78 is 10.9. The molecule has 1 aliphatic heterocycles. The van der Waals surface area contributed by atoms with E-state index in [0.717, 1.165) is 43.9 Å². The molecule has 1 heterocycles. The molecule has 1 saturated heterocycles. The fourth-order valence-electron chi connectivity index (χ4n) is 3.51. The van der Waals surface area contributed by atoms with Gasteiger partial charge in [0.2, 0.25) is 5.91 Å². The first-order valence-corrected chi connectivity index (χ1v) is 10.8. The molecule has 166 valence electrons. The lowest BCUT2D eigenvalue weighted by Crippen LogP contribution is -2.43. The number of hydrogen-bond acceptors (Lipinski definition) is 5. The molecule has 1 amide bonds. The minimum atomic E-state index is -0.130. The highest BCUT2D eigenvalue weighted by molar-refractivity contribution is 5.91. The Morgan fingerprint density at radius 2 is 1.74 bits per heavy atom. The minimum Gasteiger partial charge on any atom is -0.493 e.